The molecule has 4 fully saturated rings. The van der Waals surface area contributed by atoms with Gasteiger partial charge in [0.2, 0.25) is 11.8 Å². The molecule has 2 aromatic carbocycles. The quantitative estimate of drug-likeness (QED) is 0.508. The van der Waals surface area contributed by atoms with Crippen LogP contribution in [0.4, 0.5) is 13.2 Å². The first kappa shape index (κ1) is 26.3. The van der Waals surface area contributed by atoms with Crippen LogP contribution in [-0.2, 0) is 27.6 Å². The zero-order valence-electron chi connectivity index (χ0n) is 20.1. The lowest BCUT2D eigenvalue weighted by Gasteiger charge is -2.45. The molecule has 37 heavy (non-hydrogen) atoms. The fraction of sp³-hybridized carbons (Fsp3) is 0.481. The molecule has 0 aromatic heterocycles. The number of piperidine rings is 3. The maximum Gasteiger partial charge on any atom is 0.416 e. The van der Waals surface area contributed by atoms with Crippen LogP contribution < -0.4 is 10.6 Å². The Hall–Kier alpha value is -2.29. The molecule has 4 aliphatic rings. The maximum absolute atomic E-state index is 13.5. The molecule has 3 aliphatic heterocycles. The number of alkyl halides is 3. The van der Waals surface area contributed by atoms with Crippen molar-refractivity contribution in [1.82, 2.24) is 15.5 Å². The minimum absolute atomic E-state index is 0.0115. The van der Waals surface area contributed by atoms with E-state index in [1.54, 1.807) is 18.2 Å². The molecule has 10 heteroatoms. The van der Waals surface area contributed by atoms with E-state index in [-0.39, 0.29) is 24.3 Å². The van der Waals surface area contributed by atoms with Gasteiger partial charge in [0.05, 0.1) is 11.0 Å². The molecule has 3 saturated heterocycles. The number of hydrogen-bond acceptors (Lipinski definition) is 3. The van der Waals surface area contributed by atoms with Crippen molar-refractivity contribution in [2.45, 2.75) is 55.8 Å². The van der Waals surface area contributed by atoms with Crippen LogP contribution in [0.3, 0.4) is 0 Å². The van der Waals surface area contributed by atoms with Gasteiger partial charge in [-0.15, -0.1) is 0 Å². The van der Waals surface area contributed by atoms with Gasteiger partial charge in [-0.05, 0) is 80.1 Å². The van der Waals surface area contributed by atoms with Crippen molar-refractivity contribution >= 4 is 35.0 Å². The Labute approximate surface area is 223 Å². The van der Waals surface area contributed by atoms with E-state index in [0.29, 0.717) is 39.9 Å². The number of nitrogens with one attached hydrogen (secondary N) is 2. The Bertz CT molecular complexity index is 1180. The van der Waals surface area contributed by atoms with Gasteiger partial charge in [0.25, 0.3) is 0 Å². The van der Waals surface area contributed by atoms with E-state index in [2.05, 4.69) is 15.5 Å². The number of halogens is 5. The van der Waals surface area contributed by atoms with E-state index in [4.69, 9.17) is 23.2 Å². The molecule has 2 aromatic rings. The summed E-state index contributed by atoms with van der Waals surface area (Å²) in [5, 5.41) is 6.88. The third kappa shape index (κ3) is 5.61. The molecule has 2 atom stereocenters. The number of hydrogen-bond donors (Lipinski definition) is 2. The normalized spacial score (nSPS) is 24.8. The standard InChI is InChI=1S/C27H28Cl2F3N3O2/c28-19-5-6-20(21(29)14-19)26(9-10-26)25(37)34-22(13-16-1-3-18(4-2-16)27(30,31)32)24(36)33-23-15-35-11-7-17(23)8-12-35/h1-6,14,17,22-23H,7-13,15H2,(H,33,36)(H,34,37)/t22-,23-/m0/s1. The highest BCUT2D eigenvalue weighted by molar-refractivity contribution is 6.35. The summed E-state index contributed by atoms with van der Waals surface area (Å²) in [7, 11) is 0. The first-order chi connectivity index (χ1) is 17.5. The van der Waals surface area contributed by atoms with E-state index in [0.717, 1.165) is 44.6 Å². The smallest absolute Gasteiger partial charge is 0.350 e. The number of rotatable bonds is 7. The molecular formula is C27H28Cl2F3N3O2. The average Bonchev–Trinajstić information content (AvgIpc) is 3.66. The highest BCUT2D eigenvalue weighted by atomic mass is 35.5. The van der Waals surface area contributed by atoms with Crippen molar-refractivity contribution in [2.24, 2.45) is 5.92 Å². The summed E-state index contributed by atoms with van der Waals surface area (Å²) in [5.74, 6) is -0.262. The zero-order valence-corrected chi connectivity index (χ0v) is 21.6. The molecule has 1 saturated carbocycles. The Kier molecular flexibility index (Phi) is 7.20. The SMILES string of the molecule is O=C(N[C@H]1CN2CCC1CC2)[C@H](Cc1ccc(C(F)(F)F)cc1)NC(=O)C1(c2ccc(Cl)cc2Cl)CC1. The van der Waals surface area contributed by atoms with Crippen LogP contribution in [0.1, 0.15) is 42.4 Å². The number of fused-ring (bicyclic) bond motifs is 3. The summed E-state index contributed by atoms with van der Waals surface area (Å²) in [6.07, 6.45) is -1.20. The summed E-state index contributed by atoms with van der Waals surface area (Å²) < 4.78 is 39.1. The highest BCUT2D eigenvalue weighted by Gasteiger charge is 2.53. The van der Waals surface area contributed by atoms with Crippen LogP contribution in [0, 0.1) is 5.92 Å². The summed E-state index contributed by atoms with van der Waals surface area (Å²) in [4.78, 5) is 29.3. The molecule has 0 spiro atoms. The van der Waals surface area contributed by atoms with Crippen molar-refractivity contribution in [2.75, 3.05) is 19.6 Å². The first-order valence-corrected chi connectivity index (χ1v) is 13.3. The predicted molar refractivity (Wildman–Crippen MR) is 136 cm³/mol. The lowest BCUT2D eigenvalue weighted by Crippen LogP contribution is -2.60. The summed E-state index contributed by atoms with van der Waals surface area (Å²) in [6, 6.07) is 8.74. The monoisotopic (exact) mass is 553 g/mol. The van der Waals surface area contributed by atoms with Gasteiger partial charge >= 0.3 is 6.18 Å². The van der Waals surface area contributed by atoms with E-state index >= 15 is 0 Å². The van der Waals surface area contributed by atoms with Gasteiger partial charge < -0.3 is 15.5 Å². The van der Waals surface area contributed by atoms with Crippen LogP contribution in [0.5, 0.6) is 0 Å². The first-order valence-electron chi connectivity index (χ1n) is 12.5. The Morgan fingerprint density at radius 2 is 1.73 bits per heavy atom. The van der Waals surface area contributed by atoms with Gasteiger partial charge in [-0.2, -0.15) is 13.2 Å². The number of amides is 2. The van der Waals surface area contributed by atoms with Gasteiger partial charge in [-0.1, -0.05) is 41.4 Å². The van der Waals surface area contributed by atoms with Crippen LogP contribution in [0.15, 0.2) is 42.5 Å². The topological polar surface area (TPSA) is 61.4 Å². The fourth-order valence-corrected chi connectivity index (χ4v) is 6.19. The molecule has 1 aliphatic carbocycles. The van der Waals surface area contributed by atoms with Crippen LogP contribution in [-0.4, -0.2) is 48.4 Å². The fourth-order valence-electron chi connectivity index (χ4n) is 5.60. The van der Waals surface area contributed by atoms with Crippen molar-refractivity contribution in [3.63, 3.8) is 0 Å². The minimum Gasteiger partial charge on any atom is -0.350 e. The molecule has 3 heterocycles. The van der Waals surface area contributed by atoms with Gasteiger partial charge in [-0.3, -0.25) is 9.59 Å². The molecule has 198 valence electrons. The van der Waals surface area contributed by atoms with Gasteiger partial charge in [0, 0.05) is 29.1 Å². The lowest BCUT2D eigenvalue weighted by atomic mass is 9.84. The van der Waals surface area contributed by atoms with Crippen LogP contribution >= 0.6 is 23.2 Å². The predicted octanol–water partition coefficient (Wildman–Crippen LogP) is 4.98. The summed E-state index contributed by atoms with van der Waals surface area (Å²) in [6.45, 7) is 2.81. The van der Waals surface area contributed by atoms with E-state index in [9.17, 15) is 22.8 Å². The number of carbonyl (C=O) groups is 2. The van der Waals surface area contributed by atoms with Crippen molar-refractivity contribution in [1.29, 1.82) is 0 Å². The largest absolute Gasteiger partial charge is 0.416 e. The molecule has 2 bridgehead atoms. The third-order valence-electron chi connectivity index (χ3n) is 7.96. The van der Waals surface area contributed by atoms with E-state index in [1.807, 2.05) is 0 Å². The van der Waals surface area contributed by atoms with Gasteiger partial charge in [0.15, 0.2) is 0 Å². The Balaban J connectivity index is 1.36. The lowest BCUT2D eigenvalue weighted by molar-refractivity contribution is -0.137. The molecule has 2 amide bonds. The second kappa shape index (κ2) is 10.1. The molecule has 0 radical (unpaired) electrons. The maximum atomic E-state index is 13.5. The van der Waals surface area contributed by atoms with E-state index in [1.165, 1.54) is 12.1 Å². The molecule has 5 nitrogen and oxygen atoms in total. The molecule has 6 rings (SSSR count). The van der Waals surface area contributed by atoms with Crippen molar-refractivity contribution in [3.8, 4) is 0 Å². The molecular weight excluding hydrogens is 526 g/mol. The molecule has 0 unspecified atom stereocenters. The number of nitrogens with zero attached hydrogens (tertiary/aromatic N) is 1. The summed E-state index contributed by atoms with van der Waals surface area (Å²) >= 11 is 12.4. The second-order valence-corrected chi connectivity index (χ2v) is 11.2. The third-order valence-corrected chi connectivity index (χ3v) is 8.51. The van der Waals surface area contributed by atoms with Gasteiger partial charge in [-0.25, -0.2) is 0 Å². The average molecular weight is 554 g/mol. The zero-order chi connectivity index (χ0) is 26.4. The number of carbonyl (C=O) groups excluding carboxylic acids is 2. The Morgan fingerprint density at radius 3 is 2.27 bits per heavy atom. The van der Waals surface area contributed by atoms with Crippen molar-refractivity contribution < 1.29 is 22.8 Å². The van der Waals surface area contributed by atoms with Crippen LogP contribution in [0.2, 0.25) is 10.0 Å². The minimum atomic E-state index is -4.45. The van der Waals surface area contributed by atoms with Crippen LogP contribution in [0.25, 0.3) is 0 Å². The summed E-state index contributed by atoms with van der Waals surface area (Å²) in [5.41, 5.74) is -0.433. The molecule has 2 N–H and O–H groups in total. The Morgan fingerprint density at radius 1 is 1.05 bits per heavy atom. The van der Waals surface area contributed by atoms with Gasteiger partial charge in [0.1, 0.15) is 6.04 Å². The van der Waals surface area contributed by atoms with Crippen molar-refractivity contribution in [3.05, 3.63) is 69.2 Å². The highest BCUT2D eigenvalue weighted by Crippen LogP contribution is 2.51. The van der Waals surface area contributed by atoms with E-state index < -0.39 is 23.2 Å². The second-order valence-electron chi connectivity index (χ2n) is 10.4. The number of benzene rings is 2.